The molecule has 1 aromatic carbocycles. The van der Waals surface area contributed by atoms with Crippen molar-refractivity contribution in [3.05, 3.63) is 65.6 Å². The molecule has 2 aromatic heterocycles. The van der Waals surface area contributed by atoms with Crippen LogP contribution in [-0.2, 0) is 30.6 Å². The Kier molecular flexibility index (Phi) is 5.89. The van der Waals surface area contributed by atoms with Crippen LogP contribution in [0.25, 0.3) is 11.3 Å². The Balaban J connectivity index is 1.39. The zero-order valence-electron chi connectivity index (χ0n) is 16.7. The van der Waals surface area contributed by atoms with Crippen molar-refractivity contribution in [2.45, 2.75) is 38.6 Å². The molecule has 0 aliphatic heterocycles. The first-order chi connectivity index (χ1) is 14.2. The van der Waals surface area contributed by atoms with Crippen molar-refractivity contribution < 1.29 is 9.53 Å². The summed E-state index contributed by atoms with van der Waals surface area (Å²) in [7, 11) is 1.63. The Morgan fingerprint density at radius 1 is 1.10 bits per heavy atom. The molecule has 1 aliphatic carbocycles. The van der Waals surface area contributed by atoms with E-state index in [0.717, 1.165) is 35.4 Å². The largest absolute Gasteiger partial charge is 0.497 e. The lowest BCUT2D eigenvalue weighted by Gasteiger charge is -2.14. The lowest BCUT2D eigenvalue weighted by atomic mass is 9.94. The van der Waals surface area contributed by atoms with E-state index in [9.17, 15) is 4.79 Å². The summed E-state index contributed by atoms with van der Waals surface area (Å²) in [6.45, 7) is 1.25. The summed E-state index contributed by atoms with van der Waals surface area (Å²) < 4.78 is 7.23. The first kappa shape index (κ1) is 19.2. The van der Waals surface area contributed by atoms with Crippen molar-refractivity contribution in [3.8, 4) is 17.0 Å². The van der Waals surface area contributed by atoms with Crippen molar-refractivity contribution in [1.82, 2.24) is 20.1 Å². The fourth-order valence-electron chi connectivity index (χ4n) is 3.89. The molecule has 2 heterocycles. The van der Waals surface area contributed by atoms with Gasteiger partial charge in [0, 0.05) is 35.8 Å². The highest BCUT2D eigenvalue weighted by Crippen LogP contribution is 2.30. The molecule has 0 fully saturated rings. The van der Waals surface area contributed by atoms with E-state index in [1.54, 1.807) is 7.11 Å². The van der Waals surface area contributed by atoms with Gasteiger partial charge >= 0.3 is 0 Å². The first-order valence-corrected chi connectivity index (χ1v) is 10.1. The minimum absolute atomic E-state index is 0.0190. The van der Waals surface area contributed by atoms with Gasteiger partial charge in [0.2, 0.25) is 5.91 Å². The molecule has 0 saturated carbocycles. The van der Waals surface area contributed by atoms with Crippen molar-refractivity contribution >= 4 is 5.91 Å². The summed E-state index contributed by atoms with van der Waals surface area (Å²) in [5.41, 5.74) is 5.81. The minimum atomic E-state index is 0.0190. The fraction of sp³-hybridized carbons (Fsp3) is 0.348. The number of hydrogen-bond donors (Lipinski definition) is 1. The van der Waals surface area contributed by atoms with E-state index in [-0.39, 0.29) is 5.91 Å². The third-order valence-electron chi connectivity index (χ3n) is 5.38. The molecule has 6 nitrogen and oxygen atoms in total. The molecule has 3 aromatic rings. The number of pyridine rings is 1. The molecule has 0 atom stereocenters. The monoisotopic (exact) mass is 390 g/mol. The molecule has 0 spiro atoms. The highest BCUT2D eigenvalue weighted by Gasteiger charge is 2.21. The smallest absolute Gasteiger partial charge is 0.224 e. The fourth-order valence-corrected chi connectivity index (χ4v) is 3.89. The number of fused-ring (bicyclic) bond motifs is 1. The number of ether oxygens (including phenoxy) is 1. The Morgan fingerprint density at radius 3 is 2.62 bits per heavy atom. The molecule has 0 unspecified atom stereocenters. The second-order valence-electron chi connectivity index (χ2n) is 7.31. The normalized spacial score (nSPS) is 13.0. The molecular formula is C23H26N4O2. The van der Waals surface area contributed by atoms with Gasteiger partial charge in [-0.25, -0.2) is 0 Å². The predicted octanol–water partition coefficient (Wildman–Crippen LogP) is 3.19. The van der Waals surface area contributed by atoms with Gasteiger partial charge in [-0.3, -0.25) is 14.5 Å². The van der Waals surface area contributed by atoms with Gasteiger partial charge in [0.1, 0.15) is 5.75 Å². The number of rotatable bonds is 7. The Labute approximate surface area is 170 Å². The van der Waals surface area contributed by atoms with Gasteiger partial charge in [-0.05, 0) is 55.5 Å². The minimum Gasteiger partial charge on any atom is -0.497 e. The second-order valence-corrected chi connectivity index (χ2v) is 7.31. The van der Waals surface area contributed by atoms with E-state index in [1.165, 1.54) is 24.1 Å². The number of carbonyl (C=O) groups is 1. The SMILES string of the molecule is COc1ccc(CC(=O)NCCn2nc(-c3ccncc3)c3c2CCCC3)cc1. The maximum absolute atomic E-state index is 12.3. The number of benzene rings is 1. The van der Waals surface area contributed by atoms with Gasteiger partial charge < -0.3 is 10.1 Å². The number of aromatic nitrogens is 3. The van der Waals surface area contributed by atoms with E-state index in [4.69, 9.17) is 9.84 Å². The summed E-state index contributed by atoms with van der Waals surface area (Å²) in [6, 6.07) is 11.6. The van der Waals surface area contributed by atoms with Crippen molar-refractivity contribution in [2.75, 3.05) is 13.7 Å². The van der Waals surface area contributed by atoms with Crippen molar-refractivity contribution in [3.63, 3.8) is 0 Å². The summed E-state index contributed by atoms with van der Waals surface area (Å²) in [4.78, 5) is 16.4. The number of carbonyl (C=O) groups excluding carboxylic acids is 1. The molecular weight excluding hydrogens is 364 g/mol. The van der Waals surface area contributed by atoms with Crippen LogP contribution >= 0.6 is 0 Å². The van der Waals surface area contributed by atoms with Crippen LogP contribution in [0.4, 0.5) is 0 Å². The zero-order valence-corrected chi connectivity index (χ0v) is 16.7. The molecule has 29 heavy (non-hydrogen) atoms. The molecule has 1 amide bonds. The summed E-state index contributed by atoms with van der Waals surface area (Å²) in [5, 5.41) is 7.91. The van der Waals surface area contributed by atoms with Gasteiger partial charge in [-0.1, -0.05) is 12.1 Å². The third kappa shape index (κ3) is 4.47. The van der Waals surface area contributed by atoms with E-state index >= 15 is 0 Å². The average Bonchev–Trinajstić information content (AvgIpc) is 3.14. The van der Waals surface area contributed by atoms with Crippen LogP contribution in [0.15, 0.2) is 48.8 Å². The highest BCUT2D eigenvalue weighted by molar-refractivity contribution is 5.78. The molecule has 150 valence electrons. The summed E-state index contributed by atoms with van der Waals surface area (Å²) in [6.07, 6.45) is 8.49. The van der Waals surface area contributed by atoms with Gasteiger partial charge in [-0.2, -0.15) is 5.10 Å². The standard InChI is InChI=1S/C23H26N4O2/c1-29-19-8-6-17(7-9-19)16-22(28)25-14-15-27-21-5-3-2-4-20(21)23(26-27)18-10-12-24-13-11-18/h6-13H,2-5,14-16H2,1H3,(H,25,28). The molecule has 0 radical (unpaired) electrons. The molecule has 0 bridgehead atoms. The van der Waals surface area contributed by atoms with E-state index in [2.05, 4.69) is 15.0 Å². The Bertz CT molecular complexity index is 965. The molecule has 4 rings (SSSR count). The summed E-state index contributed by atoms with van der Waals surface area (Å²) >= 11 is 0. The average molecular weight is 390 g/mol. The van der Waals surface area contributed by atoms with Crippen LogP contribution in [0, 0.1) is 0 Å². The van der Waals surface area contributed by atoms with Gasteiger partial charge in [0.25, 0.3) is 0 Å². The van der Waals surface area contributed by atoms with Gasteiger partial charge in [0.15, 0.2) is 0 Å². The predicted molar refractivity (Wildman–Crippen MR) is 112 cm³/mol. The number of amides is 1. The Hall–Kier alpha value is -3.15. The Morgan fingerprint density at radius 2 is 1.86 bits per heavy atom. The van der Waals surface area contributed by atoms with Crippen LogP contribution < -0.4 is 10.1 Å². The third-order valence-corrected chi connectivity index (χ3v) is 5.38. The highest BCUT2D eigenvalue weighted by atomic mass is 16.5. The van der Waals surface area contributed by atoms with Crippen molar-refractivity contribution in [2.24, 2.45) is 0 Å². The van der Waals surface area contributed by atoms with Crippen LogP contribution in [0.5, 0.6) is 5.75 Å². The van der Waals surface area contributed by atoms with E-state index in [1.807, 2.05) is 48.8 Å². The van der Waals surface area contributed by atoms with Crippen LogP contribution in [0.3, 0.4) is 0 Å². The lowest BCUT2D eigenvalue weighted by molar-refractivity contribution is -0.120. The molecule has 6 heteroatoms. The maximum Gasteiger partial charge on any atom is 0.224 e. The quantitative estimate of drug-likeness (QED) is 0.673. The maximum atomic E-state index is 12.3. The molecule has 1 N–H and O–H groups in total. The number of nitrogens with zero attached hydrogens (tertiary/aromatic N) is 3. The zero-order chi connectivity index (χ0) is 20.1. The van der Waals surface area contributed by atoms with E-state index < -0.39 is 0 Å². The van der Waals surface area contributed by atoms with Crippen LogP contribution in [0.2, 0.25) is 0 Å². The number of hydrogen-bond acceptors (Lipinski definition) is 4. The van der Waals surface area contributed by atoms with E-state index in [0.29, 0.717) is 19.5 Å². The topological polar surface area (TPSA) is 69.0 Å². The van der Waals surface area contributed by atoms with Gasteiger partial charge in [-0.15, -0.1) is 0 Å². The molecule has 1 aliphatic rings. The molecule has 0 saturated heterocycles. The van der Waals surface area contributed by atoms with Crippen LogP contribution in [-0.4, -0.2) is 34.3 Å². The number of nitrogens with one attached hydrogen (secondary N) is 1. The lowest BCUT2D eigenvalue weighted by Crippen LogP contribution is -2.29. The number of methoxy groups -OCH3 is 1. The second kappa shape index (κ2) is 8.90. The van der Waals surface area contributed by atoms with Gasteiger partial charge in [0.05, 0.1) is 25.8 Å². The first-order valence-electron chi connectivity index (χ1n) is 10.1. The summed E-state index contributed by atoms with van der Waals surface area (Å²) in [5.74, 6) is 0.813. The van der Waals surface area contributed by atoms with Crippen molar-refractivity contribution in [1.29, 1.82) is 0 Å². The van der Waals surface area contributed by atoms with Crippen LogP contribution in [0.1, 0.15) is 29.7 Å².